The molecule has 1 aliphatic rings. The van der Waals surface area contributed by atoms with E-state index in [2.05, 4.69) is 5.32 Å². The SMILES string of the molecule is COc1ccc2c(c1)C(c1ccccc1)=C(C(=O)NC(=O)CC[N+](=O)[O-])N(C)C2. The summed E-state index contributed by atoms with van der Waals surface area (Å²) in [6.07, 6.45) is -0.360. The second-order valence-electron chi connectivity index (χ2n) is 6.65. The number of imide groups is 1. The summed E-state index contributed by atoms with van der Waals surface area (Å²) in [6.45, 7) is -0.0545. The molecule has 0 aliphatic carbocycles. The standard InChI is InChI=1S/C21H21N3O5/c1-23-13-15-8-9-16(29-2)12-17(15)19(14-6-4-3-5-7-14)20(23)21(26)22-18(25)10-11-24(27)28/h3-9,12H,10-11,13H2,1-2H3,(H,22,25,26). The Bertz CT molecular complexity index is 985. The fraction of sp³-hybridized carbons (Fsp3) is 0.238. The number of nitrogens with one attached hydrogen (secondary N) is 1. The number of hydrogen-bond acceptors (Lipinski definition) is 6. The molecule has 0 bridgehead atoms. The lowest BCUT2D eigenvalue weighted by molar-refractivity contribution is -0.478. The van der Waals surface area contributed by atoms with Gasteiger partial charge in [0.2, 0.25) is 12.5 Å². The molecule has 0 spiro atoms. The van der Waals surface area contributed by atoms with Crippen LogP contribution in [0.15, 0.2) is 54.2 Å². The molecule has 8 nitrogen and oxygen atoms in total. The maximum Gasteiger partial charge on any atom is 0.274 e. The van der Waals surface area contributed by atoms with Crippen LogP contribution in [-0.2, 0) is 16.1 Å². The molecule has 29 heavy (non-hydrogen) atoms. The summed E-state index contributed by atoms with van der Waals surface area (Å²) in [6, 6.07) is 15.1. The third-order valence-electron chi connectivity index (χ3n) is 4.66. The van der Waals surface area contributed by atoms with E-state index in [1.54, 1.807) is 19.1 Å². The molecule has 2 amide bonds. The zero-order valence-electron chi connectivity index (χ0n) is 16.2. The summed E-state index contributed by atoms with van der Waals surface area (Å²) in [7, 11) is 3.34. The molecule has 0 saturated heterocycles. The van der Waals surface area contributed by atoms with Gasteiger partial charge in [-0.15, -0.1) is 0 Å². The van der Waals surface area contributed by atoms with Crippen molar-refractivity contribution in [3.63, 3.8) is 0 Å². The van der Waals surface area contributed by atoms with Crippen LogP contribution in [0.2, 0.25) is 0 Å². The van der Waals surface area contributed by atoms with E-state index in [1.165, 1.54) is 0 Å². The lowest BCUT2D eigenvalue weighted by Gasteiger charge is -2.32. The topological polar surface area (TPSA) is 102 Å². The van der Waals surface area contributed by atoms with Gasteiger partial charge in [-0.3, -0.25) is 25.0 Å². The number of fused-ring (bicyclic) bond motifs is 1. The Hall–Kier alpha value is -3.68. The highest BCUT2D eigenvalue weighted by Gasteiger charge is 2.29. The average Bonchev–Trinajstić information content (AvgIpc) is 2.71. The van der Waals surface area contributed by atoms with Crippen LogP contribution >= 0.6 is 0 Å². The van der Waals surface area contributed by atoms with Gasteiger partial charge in [-0.25, -0.2) is 0 Å². The van der Waals surface area contributed by atoms with Gasteiger partial charge in [0.15, 0.2) is 0 Å². The van der Waals surface area contributed by atoms with E-state index >= 15 is 0 Å². The van der Waals surface area contributed by atoms with Crippen LogP contribution in [0.5, 0.6) is 5.75 Å². The molecule has 1 aliphatic heterocycles. The molecule has 2 aromatic carbocycles. The minimum absolute atomic E-state index is 0.325. The van der Waals surface area contributed by atoms with Gasteiger partial charge in [-0.05, 0) is 28.8 Å². The quantitative estimate of drug-likeness (QED) is 0.594. The number of nitro groups is 1. The summed E-state index contributed by atoms with van der Waals surface area (Å²) in [5, 5.41) is 12.8. The van der Waals surface area contributed by atoms with Gasteiger partial charge in [0.05, 0.1) is 13.5 Å². The summed E-state index contributed by atoms with van der Waals surface area (Å²) < 4.78 is 5.35. The smallest absolute Gasteiger partial charge is 0.274 e. The fourth-order valence-corrected chi connectivity index (χ4v) is 3.33. The van der Waals surface area contributed by atoms with Crippen molar-refractivity contribution < 1.29 is 19.2 Å². The Kier molecular flexibility index (Phi) is 5.92. The molecule has 0 unspecified atom stereocenters. The van der Waals surface area contributed by atoms with E-state index in [0.29, 0.717) is 23.6 Å². The summed E-state index contributed by atoms with van der Waals surface area (Å²) in [5.74, 6) is -0.617. The molecule has 0 saturated carbocycles. The van der Waals surface area contributed by atoms with Gasteiger partial charge in [0.25, 0.3) is 5.91 Å². The average molecular weight is 395 g/mol. The van der Waals surface area contributed by atoms with E-state index in [9.17, 15) is 19.7 Å². The molecule has 3 rings (SSSR count). The molecular formula is C21H21N3O5. The number of ether oxygens (including phenoxy) is 1. The Morgan fingerprint density at radius 1 is 1.21 bits per heavy atom. The Morgan fingerprint density at radius 2 is 1.93 bits per heavy atom. The van der Waals surface area contributed by atoms with Gasteiger partial charge in [0, 0.05) is 24.1 Å². The third-order valence-corrected chi connectivity index (χ3v) is 4.66. The van der Waals surface area contributed by atoms with Crippen molar-refractivity contribution >= 4 is 17.4 Å². The van der Waals surface area contributed by atoms with Crippen LogP contribution in [-0.4, -0.2) is 42.3 Å². The van der Waals surface area contributed by atoms with Crippen molar-refractivity contribution in [3.05, 3.63) is 81.0 Å². The van der Waals surface area contributed by atoms with Crippen molar-refractivity contribution in [2.24, 2.45) is 0 Å². The van der Waals surface area contributed by atoms with Crippen molar-refractivity contribution in [1.29, 1.82) is 0 Å². The van der Waals surface area contributed by atoms with E-state index in [1.807, 2.05) is 48.5 Å². The molecule has 0 aromatic heterocycles. The largest absolute Gasteiger partial charge is 0.497 e. The first kappa shape index (κ1) is 20.1. The highest BCUT2D eigenvalue weighted by atomic mass is 16.6. The number of carbonyl (C=O) groups excluding carboxylic acids is 2. The van der Waals surface area contributed by atoms with Crippen LogP contribution in [0.25, 0.3) is 5.57 Å². The van der Waals surface area contributed by atoms with E-state index in [4.69, 9.17) is 4.74 Å². The minimum atomic E-state index is -0.684. The summed E-state index contributed by atoms with van der Waals surface area (Å²) in [5.41, 5.74) is 3.68. The second-order valence-corrected chi connectivity index (χ2v) is 6.65. The van der Waals surface area contributed by atoms with Crippen LogP contribution in [0.3, 0.4) is 0 Å². The van der Waals surface area contributed by atoms with Crippen molar-refractivity contribution in [2.45, 2.75) is 13.0 Å². The fourth-order valence-electron chi connectivity index (χ4n) is 3.33. The van der Waals surface area contributed by atoms with E-state index < -0.39 is 23.3 Å². The number of amides is 2. The van der Waals surface area contributed by atoms with Crippen molar-refractivity contribution in [3.8, 4) is 5.75 Å². The van der Waals surface area contributed by atoms with Crippen molar-refractivity contribution in [2.75, 3.05) is 20.7 Å². The predicted molar refractivity (Wildman–Crippen MR) is 107 cm³/mol. The number of likely N-dealkylation sites (N-methyl/N-ethyl adjacent to an activating group) is 1. The second kappa shape index (κ2) is 8.55. The Morgan fingerprint density at radius 3 is 2.59 bits per heavy atom. The number of hydrogen-bond donors (Lipinski definition) is 1. The van der Waals surface area contributed by atoms with Gasteiger partial charge >= 0.3 is 0 Å². The predicted octanol–water partition coefficient (Wildman–Crippen LogP) is 2.21. The number of methoxy groups -OCH3 is 1. The third kappa shape index (κ3) is 4.43. The number of rotatable bonds is 6. The van der Waals surface area contributed by atoms with Gasteiger partial charge < -0.3 is 9.64 Å². The van der Waals surface area contributed by atoms with Gasteiger partial charge in [-0.1, -0.05) is 36.4 Å². The molecule has 0 fully saturated rings. The maximum absolute atomic E-state index is 13.0. The molecular weight excluding hydrogens is 374 g/mol. The zero-order valence-corrected chi connectivity index (χ0v) is 16.2. The summed E-state index contributed by atoms with van der Waals surface area (Å²) in [4.78, 5) is 36.6. The number of carbonyl (C=O) groups is 2. The van der Waals surface area contributed by atoms with Gasteiger partial charge in [0.1, 0.15) is 11.4 Å². The lowest BCUT2D eigenvalue weighted by Crippen LogP contribution is -2.39. The zero-order chi connectivity index (χ0) is 21.0. The lowest BCUT2D eigenvalue weighted by atomic mass is 9.88. The highest BCUT2D eigenvalue weighted by Crippen LogP contribution is 2.37. The van der Waals surface area contributed by atoms with Crippen LogP contribution in [0.1, 0.15) is 23.1 Å². The molecule has 1 N–H and O–H groups in total. The molecule has 1 heterocycles. The van der Waals surface area contributed by atoms with Crippen LogP contribution in [0, 0.1) is 10.1 Å². The van der Waals surface area contributed by atoms with Gasteiger partial charge in [-0.2, -0.15) is 0 Å². The minimum Gasteiger partial charge on any atom is -0.497 e. The van der Waals surface area contributed by atoms with E-state index in [-0.39, 0.29) is 6.42 Å². The van der Waals surface area contributed by atoms with E-state index in [0.717, 1.165) is 16.7 Å². The molecule has 0 atom stereocenters. The monoisotopic (exact) mass is 395 g/mol. The van der Waals surface area contributed by atoms with Crippen LogP contribution < -0.4 is 10.1 Å². The Labute approximate surface area is 167 Å². The first-order valence-electron chi connectivity index (χ1n) is 9.04. The number of nitrogens with zero attached hydrogens (tertiary/aromatic N) is 2. The molecule has 8 heteroatoms. The first-order chi connectivity index (χ1) is 13.9. The highest BCUT2D eigenvalue weighted by molar-refractivity contribution is 6.10. The first-order valence-corrected chi connectivity index (χ1v) is 9.04. The van der Waals surface area contributed by atoms with Crippen LogP contribution in [0.4, 0.5) is 0 Å². The normalized spacial score (nSPS) is 13.0. The Balaban J connectivity index is 2.07. The maximum atomic E-state index is 13.0. The molecule has 2 aromatic rings. The number of benzene rings is 2. The molecule has 150 valence electrons. The molecule has 0 radical (unpaired) electrons. The summed E-state index contributed by atoms with van der Waals surface area (Å²) >= 11 is 0. The van der Waals surface area contributed by atoms with Crippen molar-refractivity contribution in [1.82, 2.24) is 10.2 Å².